The third kappa shape index (κ3) is 6.62. The van der Waals surface area contributed by atoms with Gasteiger partial charge < -0.3 is 19.4 Å². The maximum atomic E-state index is 13.8. The van der Waals surface area contributed by atoms with Gasteiger partial charge in [-0.05, 0) is 81.2 Å². The highest BCUT2D eigenvalue weighted by Crippen LogP contribution is 2.37. The summed E-state index contributed by atoms with van der Waals surface area (Å²) in [6, 6.07) is 13.3. The Bertz CT molecular complexity index is 1260. The number of hydrogen-bond acceptors (Lipinski definition) is 6. The van der Waals surface area contributed by atoms with E-state index < -0.39 is 5.60 Å². The number of halogens is 1. The summed E-state index contributed by atoms with van der Waals surface area (Å²) in [7, 11) is 1.81. The Hall–Kier alpha value is -3.31. The number of nitriles is 1. The van der Waals surface area contributed by atoms with Crippen molar-refractivity contribution in [2.45, 2.75) is 69.9 Å². The summed E-state index contributed by atoms with van der Waals surface area (Å²) in [4.78, 5) is 37.5. The van der Waals surface area contributed by atoms with Gasteiger partial charge in [0.05, 0.1) is 11.6 Å². The summed E-state index contributed by atoms with van der Waals surface area (Å²) in [5.41, 5.74) is 1.15. The Balaban J connectivity index is 1.26. The number of amides is 2. The van der Waals surface area contributed by atoms with Gasteiger partial charge in [0.1, 0.15) is 17.5 Å². The van der Waals surface area contributed by atoms with Crippen LogP contribution in [0, 0.1) is 23.2 Å². The van der Waals surface area contributed by atoms with Gasteiger partial charge in [0.2, 0.25) is 5.91 Å². The number of carbonyl (C=O) groups is 2. The number of carbonyl (C=O) groups excluding carboxylic acids is 2. The van der Waals surface area contributed by atoms with Crippen molar-refractivity contribution in [2.24, 2.45) is 11.8 Å². The third-order valence-electron chi connectivity index (χ3n) is 9.40. The van der Waals surface area contributed by atoms with Crippen molar-refractivity contribution in [3.8, 4) is 6.07 Å². The summed E-state index contributed by atoms with van der Waals surface area (Å²) in [5.74, 6) is 1.54. The van der Waals surface area contributed by atoms with Crippen LogP contribution in [-0.2, 0) is 9.53 Å². The number of ether oxygens (including phenoxy) is 1. The first-order chi connectivity index (χ1) is 19.7. The Morgan fingerprint density at radius 1 is 1.07 bits per heavy atom. The molecule has 3 heterocycles. The predicted molar refractivity (Wildman–Crippen MR) is 159 cm³/mol. The van der Waals surface area contributed by atoms with Gasteiger partial charge in [-0.3, -0.25) is 4.79 Å². The van der Waals surface area contributed by atoms with Crippen molar-refractivity contribution >= 4 is 29.4 Å². The lowest BCUT2D eigenvalue weighted by atomic mass is 9.81. The molecule has 3 aliphatic rings. The van der Waals surface area contributed by atoms with E-state index in [4.69, 9.17) is 21.6 Å². The Morgan fingerprint density at radius 2 is 1.76 bits per heavy atom. The van der Waals surface area contributed by atoms with Crippen molar-refractivity contribution < 1.29 is 14.3 Å². The van der Waals surface area contributed by atoms with Crippen molar-refractivity contribution in [1.82, 2.24) is 14.8 Å². The highest BCUT2D eigenvalue weighted by Gasteiger charge is 2.44. The van der Waals surface area contributed by atoms with Crippen LogP contribution in [-0.4, -0.2) is 71.7 Å². The van der Waals surface area contributed by atoms with Crippen molar-refractivity contribution in [2.75, 3.05) is 38.1 Å². The number of hydrogen-bond donors (Lipinski definition) is 0. The van der Waals surface area contributed by atoms with E-state index in [1.807, 2.05) is 49.2 Å². The molecule has 0 spiro atoms. The van der Waals surface area contributed by atoms with E-state index in [0.29, 0.717) is 29.6 Å². The molecule has 2 saturated heterocycles. The summed E-state index contributed by atoms with van der Waals surface area (Å²) >= 11 is 6.18. The molecule has 0 N–H and O–H groups in total. The van der Waals surface area contributed by atoms with E-state index in [9.17, 15) is 9.59 Å². The summed E-state index contributed by atoms with van der Waals surface area (Å²) < 4.78 is 6.12. The van der Waals surface area contributed by atoms with Crippen molar-refractivity contribution in [3.63, 3.8) is 0 Å². The second-order valence-corrected chi connectivity index (χ2v) is 12.8. The molecular formula is C32H40ClN5O3. The van der Waals surface area contributed by atoms with E-state index >= 15 is 0 Å². The topological polar surface area (TPSA) is 89.8 Å². The summed E-state index contributed by atoms with van der Waals surface area (Å²) in [5, 5.41) is 9.70. The standard InChI is InChI=1S/C32H40ClN5O3/c1-22-10-14-32(2,15-11-22)41-31(40)36(3)28-21-38(20-27(28)24-5-7-26(33)8-6-24)30(39)25-12-16-37(17-13-25)29-9-4-23(18-34)19-35-29/h4-9,19,22,25,27-28H,10-17,20-21H2,1-3H3/t22?,27-,28+,32?/m0/s1. The van der Waals surface area contributed by atoms with Gasteiger partial charge in [0, 0.05) is 56.3 Å². The number of anilines is 1. The maximum Gasteiger partial charge on any atom is 0.410 e. The quantitative estimate of drug-likeness (QED) is 0.442. The van der Waals surface area contributed by atoms with Crippen molar-refractivity contribution in [1.29, 1.82) is 5.26 Å². The predicted octanol–water partition coefficient (Wildman–Crippen LogP) is 5.85. The van der Waals surface area contributed by atoms with Crippen LogP contribution in [0.1, 0.15) is 69.4 Å². The SMILES string of the molecule is CC1CCC(C)(OC(=O)N(C)[C@@H]2CN(C(=O)C3CCN(c4ccc(C#N)cn4)CC3)C[C@H]2c2ccc(Cl)cc2)CC1. The molecule has 218 valence electrons. The molecule has 2 aliphatic heterocycles. The number of likely N-dealkylation sites (tertiary alicyclic amines) is 1. The molecule has 5 rings (SSSR count). The average Bonchev–Trinajstić information content (AvgIpc) is 3.44. The Morgan fingerprint density at radius 3 is 2.37 bits per heavy atom. The molecule has 9 heteroatoms. The first-order valence-electron chi connectivity index (χ1n) is 14.8. The zero-order valence-corrected chi connectivity index (χ0v) is 25.0. The third-order valence-corrected chi connectivity index (χ3v) is 9.65. The second kappa shape index (κ2) is 12.3. The lowest BCUT2D eigenvalue weighted by Crippen LogP contribution is -2.47. The molecule has 2 atom stereocenters. The fraction of sp³-hybridized carbons (Fsp3) is 0.562. The van der Waals surface area contributed by atoms with Gasteiger partial charge in [0.25, 0.3) is 0 Å². The number of nitrogens with zero attached hydrogens (tertiary/aromatic N) is 5. The zero-order valence-electron chi connectivity index (χ0n) is 24.3. The zero-order chi connectivity index (χ0) is 29.1. The van der Waals surface area contributed by atoms with Crippen LogP contribution in [0.15, 0.2) is 42.6 Å². The molecule has 0 unspecified atom stereocenters. The average molecular weight is 578 g/mol. The molecule has 3 fully saturated rings. The van der Waals surface area contributed by atoms with Crippen LogP contribution < -0.4 is 4.90 Å². The summed E-state index contributed by atoms with van der Waals surface area (Å²) in [6.45, 7) is 6.79. The smallest absolute Gasteiger partial charge is 0.410 e. The molecule has 2 amide bonds. The van der Waals surface area contributed by atoms with Gasteiger partial charge in [-0.25, -0.2) is 9.78 Å². The van der Waals surface area contributed by atoms with E-state index in [1.165, 1.54) is 0 Å². The minimum atomic E-state index is -0.445. The minimum Gasteiger partial charge on any atom is -0.443 e. The maximum absolute atomic E-state index is 13.8. The van der Waals surface area contributed by atoms with Crippen molar-refractivity contribution in [3.05, 3.63) is 58.7 Å². The first-order valence-corrected chi connectivity index (χ1v) is 15.1. The highest BCUT2D eigenvalue weighted by molar-refractivity contribution is 6.30. The van der Waals surface area contributed by atoms with Crippen LogP contribution in [0.3, 0.4) is 0 Å². The number of aromatic nitrogens is 1. The van der Waals surface area contributed by atoms with E-state index in [1.54, 1.807) is 17.2 Å². The number of benzene rings is 1. The highest BCUT2D eigenvalue weighted by atomic mass is 35.5. The molecule has 1 aliphatic carbocycles. The van der Waals surface area contributed by atoms with Crippen LogP contribution in [0.25, 0.3) is 0 Å². The molecule has 2 aromatic rings. The number of piperidine rings is 1. The lowest BCUT2D eigenvalue weighted by molar-refractivity contribution is -0.135. The molecular weight excluding hydrogens is 538 g/mol. The fourth-order valence-electron chi connectivity index (χ4n) is 6.54. The van der Waals surface area contributed by atoms with E-state index in [0.717, 1.165) is 63.0 Å². The molecule has 8 nitrogen and oxygen atoms in total. The Labute approximate surface area is 248 Å². The molecule has 0 bridgehead atoms. The van der Waals surface area contributed by atoms with Gasteiger partial charge in [0.15, 0.2) is 0 Å². The van der Waals surface area contributed by atoms with Gasteiger partial charge >= 0.3 is 6.09 Å². The number of pyridine rings is 1. The molecule has 1 aromatic carbocycles. The van der Waals surface area contributed by atoms with Gasteiger partial charge in [-0.15, -0.1) is 0 Å². The van der Waals surface area contributed by atoms with Crippen LogP contribution in [0.4, 0.5) is 10.6 Å². The van der Waals surface area contributed by atoms with Crippen LogP contribution >= 0.6 is 11.6 Å². The van der Waals surface area contributed by atoms with E-state index in [2.05, 4.69) is 22.9 Å². The molecule has 0 radical (unpaired) electrons. The summed E-state index contributed by atoms with van der Waals surface area (Å²) in [6.07, 6.45) is 6.62. The van der Waals surface area contributed by atoms with Gasteiger partial charge in [-0.1, -0.05) is 30.7 Å². The molecule has 41 heavy (non-hydrogen) atoms. The van der Waals surface area contributed by atoms with E-state index in [-0.39, 0.29) is 29.9 Å². The minimum absolute atomic E-state index is 0.0316. The monoisotopic (exact) mass is 577 g/mol. The normalized spacial score (nSPS) is 26.9. The number of rotatable bonds is 5. The Kier molecular flexibility index (Phi) is 8.74. The largest absolute Gasteiger partial charge is 0.443 e. The van der Waals surface area contributed by atoms with Crippen LogP contribution in [0.2, 0.25) is 5.02 Å². The molecule has 1 saturated carbocycles. The number of likely N-dealkylation sites (N-methyl/N-ethyl adjacent to an activating group) is 1. The first kappa shape index (κ1) is 29.2. The second-order valence-electron chi connectivity index (χ2n) is 12.4. The molecule has 1 aromatic heterocycles. The van der Waals surface area contributed by atoms with Crippen LogP contribution in [0.5, 0.6) is 0 Å². The fourth-order valence-corrected chi connectivity index (χ4v) is 6.67. The lowest BCUT2D eigenvalue weighted by Gasteiger charge is -2.38. The van der Waals surface area contributed by atoms with Gasteiger partial charge in [-0.2, -0.15) is 5.26 Å².